The van der Waals surface area contributed by atoms with Crippen molar-refractivity contribution in [3.05, 3.63) is 52.2 Å². The Morgan fingerprint density at radius 1 is 1.35 bits per heavy atom. The molecule has 1 aromatic carbocycles. The number of amides is 1. The minimum absolute atomic E-state index is 0.136. The highest BCUT2D eigenvalue weighted by molar-refractivity contribution is 7.08. The number of likely N-dealkylation sites (tertiary alicyclic amines) is 1. The Morgan fingerprint density at radius 2 is 2.19 bits per heavy atom. The lowest BCUT2D eigenvalue weighted by atomic mass is 9.97. The second kappa shape index (κ2) is 9.19. The third-order valence-corrected chi connectivity index (χ3v) is 5.82. The number of nitrogens with zero attached hydrogens (tertiary/aromatic N) is 2. The van der Waals surface area contributed by atoms with Crippen molar-refractivity contribution in [1.82, 2.24) is 9.80 Å². The number of hydrogen-bond donors (Lipinski definition) is 0. The molecule has 1 saturated heterocycles. The van der Waals surface area contributed by atoms with Crippen molar-refractivity contribution in [3.8, 4) is 5.75 Å². The fraction of sp³-hybridized carbons (Fsp3) is 0.476. The zero-order valence-electron chi connectivity index (χ0n) is 15.7. The summed E-state index contributed by atoms with van der Waals surface area (Å²) in [6.07, 6.45) is 3.41. The van der Waals surface area contributed by atoms with E-state index in [1.54, 1.807) is 18.4 Å². The molecule has 4 nitrogen and oxygen atoms in total. The number of hydrogen-bond acceptors (Lipinski definition) is 4. The highest BCUT2D eigenvalue weighted by Crippen LogP contribution is 2.21. The van der Waals surface area contributed by atoms with E-state index in [-0.39, 0.29) is 5.91 Å². The second-order valence-corrected chi connectivity index (χ2v) is 7.85. The van der Waals surface area contributed by atoms with Crippen molar-refractivity contribution in [3.63, 3.8) is 0 Å². The summed E-state index contributed by atoms with van der Waals surface area (Å²) < 4.78 is 5.46. The van der Waals surface area contributed by atoms with Crippen LogP contribution in [0.15, 0.2) is 41.1 Å². The van der Waals surface area contributed by atoms with Crippen molar-refractivity contribution in [2.45, 2.75) is 19.3 Å². The number of piperidine rings is 1. The van der Waals surface area contributed by atoms with Crippen LogP contribution in [-0.2, 0) is 6.42 Å². The average Bonchev–Trinajstić information content (AvgIpc) is 3.21. The topological polar surface area (TPSA) is 32.8 Å². The van der Waals surface area contributed by atoms with E-state index in [1.807, 2.05) is 40.9 Å². The third kappa shape index (κ3) is 4.86. The van der Waals surface area contributed by atoms with Crippen LogP contribution in [0.3, 0.4) is 0 Å². The number of carbonyl (C=O) groups excluding carboxylic acids is 1. The Morgan fingerprint density at radius 3 is 2.96 bits per heavy atom. The highest BCUT2D eigenvalue weighted by atomic mass is 32.1. The van der Waals surface area contributed by atoms with Gasteiger partial charge in [-0.2, -0.15) is 11.3 Å². The van der Waals surface area contributed by atoms with Crippen LogP contribution in [0.2, 0.25) is 0 Å². The van der Waals surface area contributed by atoms with Crippen molar-refractivity contribution in [2.75, 3.05) is 40.3 Å². The van der Waals surface area contributed by atoms with E-state index >= 15 is 0 Å². The number of carbonyl (C=O) groups is 1. The normalized spacial score (nSPS) is 17.8. The molecule has 1 aliphatic rings. The quantitative estimate of drug-likeness (QED) is 0.741. The van der Waals surface area contributed by atoms with Gasteiger partial charge in [-0.25, -0.2) is 0 Å². The fourth-order valence-electron chi connectivity index (χ4n) is 3.77. The highest BCUT2D eigenvalue weighted by Gasteiger charge is 2.23. The number of methoxy groups -OCH3 is 1. The zero-order valence-corrected chi connectivity index (χ0v) is 16.5. The molecule has 0 spiro atoms. The molecule has 1 aromatic heterocycles. The molecule has 3 rings (SSSR count). The number of benzene rings is 1. The molecule has 2 heterocycles. The molecular formula is C21H28N2O2S. The molecule has 0 N–H and O–H groups in total. The van der Waals surface area contributed by atoms with Gasteiger partial charge >= 0.3 is 0 Å². The molecule has 2 aromatic rings. The van der Waals surface area contributed by atoms with Crippen molar-refractivity contribution in [1.29, 1.82) is 0 Å². The van der Waals surface area contributed by atoms with E-state index in [1.165, 1.54) is 18.4 Å². The number of rotatable bonds is 7. The van der Waals surface area contributed by atoms with Gasteiger partial charge < -0.3 is 14.5 Å². The number of thiophene rings is 1. The maximum absolute atomic E-state index is 12.4. The van der Waals surface area contributed by atoms with Gasteiger partial charge in [0.15, 0.2) is 0 Å². The molecule has 0 bridgehead atoms. The lowest BCUT2D eigenvalue weighted by Gasteiger charge is -2.34. The average molecular weight is 373 g/mol. The van der Waals surface area contributed by atoms with Gasteiger partial charge in [0.05, 0.1) is 12.7 Å². The standard InChI is InChI=1S/C21H28N2O2S/c1-22(21(24)19-10-13-26-16-19)14-17-6-5-11-23(15-17)12-9-18-7-3-4-8-20(18)25-2/h3-4,7-8,10,13,16-17H,5-6,9,11-12,14-15H2,1-2H3. The van der Waals surface area contributed by atoms with Gasteiger partial charge in [0, 0.05) is 32.1 Å². The van der Waals surface area contributed by atoms with Crippen LogP contribution in [0, 0.1) is 5.92 Å². The second-order valence-electron chi connectivity index (χ2n) is 7.07. The molecule has 5 heteroatoms. The third-order valence-electron chi connectivity index (χ3n) is 5.14. The lowest BCUT2D eigenvalue weighted by Crippen LogP contribution is -2.42. The lowest BCUT2D eigenvalue weighted by molar-refractivity contribution is 0.0731. The summed E-state index contributed by atoms with van der Waals surface area (Å²) in [5, 5.41) is 3.89. The molecule has 1 aliphatic heterocycles. The Bertz CT molecular complexity index is 702. The molecule has 1 unspecified atom stereocenters. The minimum Gasteiger partial charge on any atom is -0.496 e. The summed E-state index contributed by atoms with van der Waals surface area (Å²) >= 11 is 1.57. The minimum atomic E-state index is 0.136. The monoisotopic (exact) mass is 372 g/mol. The largest absolute Gasteiger partial charge is 0.496 e. The maximum Gasteiger partial charge on any atom is 0.254 e. The zero-order chi connectivity index (χ0) is 18.4. The molecular weight excluding hydrogens is 344 g/mol. The van der Waals surface area contributed by atoms with Gasteiger partial charge in [-0.3, -0.25) is 4.79 Å². The van der Waals surface area contributed by atoms with Crippen LogP contribution in [0.1, 0.15) is 28.8 Å². The van der Waals surface area contributed by atoms with Gasteiger partial charge in [0.1, 0.15) is 5.75 Å². The molecule has 0 saturated carbocycles. The summed E-state index contributed by atoms with van der Waals surface area (Å²) in [7, 11) is 3.66. The molecule has 26 heavy (non-hydrogen) atoms. The fourth-order valence-corrected chi connectivity index (χ4v) is 4.40. The summed E-state index contributed by atoms with van der Waals surface area (Å²) in [4.78, 5) is 16.9. The van der Waals surface area contributed by atoms with Crippen LogP contribution in [-0.4, -0.2) is 56.0 Å². The predicted octanol–water partition coefficient (Wildman–Crippen LogP) is 3.78. The molecule has 1 atom stereocenters. The van der Waals surface area contributed by atoms with Gasteiger partial charge in [-0.15, -0.1) is 0 Å². The Balaban J connectivity index is 1.50. The molecule has 0 radical (unpaired) electrons. The van der Waals surface area contributed by atoms with Crippen molar-refractivity contribution in [2.24, 2.45) is 5.92 Å². The van der Waals surface area contributed by atoms with Crippen LogP contribution >= 0.6 is 11.3 Å². The van der Waals surface area contributed by atoms with E-state index in [9.17, 15) is 4.79 Å². The first kappa shape index (κ1) is 18.9. The van der Waals surface area contributed by atoms with E-state index in [2.05, 4.69) is 17.0 Å². The van der Waals surface area contributed by atoms with E-state index in [0.717, 1.165) is 43.9 Å². The van der Waals surface area contributed by atoms with Crippen LogP contribution in [0.4, 0.5) is 0 Å². The van der Waals surface area contributed by atoms with Gasteiger partial charge in [-0.1, -0.05) is 18.2 Å². The van der Waals surface area contributed by atoms with Gasteiger partial charge in [0.2, 0.25) is 0 Å². The van der Waals surface area contributed by atoms with E-state index in [0.29, 0.717) is 5.92 Å². The van der Waals surface area contributed by atoms with E-state index < -0.39 is 0 Å². The maximum atomic E-state index is 12.4. The van der Waals surface area contributed by atoms with Crippen molar-refractivity contribution < 1.29 is 9.53 Å². The van der Waals surface area contributed by atoms with Crippen LogP contribution in [0.25, 0.3) is 0 Å². The Hall–Kier alpha value is -1.85. The molecule has 1 fully saturated rings. The number of ether oxygens (including phenoxy) is 1. The van der Waals surface area contributed by atoms with Gasteiger partial charge in [-0.05, 0) is 54.8 Å². The van der Waals surface area contributed by atoms with E-state index in [4.69, 9.17) is 4.74 Å². The SMILES string of the molecule is COc1ccccc1CCN1CCCC(CN(C)C(=O)c2ccsc2)C1. The molecule has 0 aliphatic carbocycles. The number of para-hydroxylation sites is 1. The smallest absolute Gasteiger partial charge is 0.254 e. The first-order valence-electron chi connectivity index (χ1n) is 9.29. The summed E-state index contributed by atoms with van der Waals surface area (Å²) in [6.45, 7) is 4.09. The van der Waals surface area contributed by atoms with Crippen LogP contribution < -0.4 is 4.74 Å². The Kier molecular flexibility index (Phi) is 6.69. The summed E-state index contributed by atoms with van der Waals surface area (Å²) in [5.74, 6) is 1.66. The van der Waals surface area contributed by atoms with Gasteiger partial charge in [0.25, 0.3) is 5.91 Å². The summed E-state index contributed by atoms with van der Waals surface area (Å²) in [6, 6.07) is 10.2. The van der Waals surface area contributed by atoms with Crippen molar-refractivity contribution >= 4 is 17.2 Å². The molecule has 1 amide bonds. The first-order chi connectivity index (χ1) is 12.7. The predicted molar refractivity (Wildman–Crippen MR) is 107 cm³/mol. The Labute approximate surface area is 160 Å². The first-order valence-corrected chi connectivity index (χ1v) is 10.2. The molecule has 140 valence electrons. The summed E-state index contributed by atoms with van der Waals surface area (Å²) in [5.41, 5.74) is 2.07. The van der Waals surface area contributed by atoms with Crippen LogP contribution in [0.5, 0.6) is 5.75 Å².